The summed E-state index contributed by atoms with van der Waals surface area (Å²) in [6.07, 6.45) is 7.58. The van der Waals surface area contributed by atoms with Crippen LogP contribution in [0.15, 0.2) is 47.4 Å². The molecule has 0 atom stereocenters. The minimum absolute atomic E-state index is 0.000906. The highest BCUT2D eigenvalue weighted by molar-refractivity contribution is 7.87. The highest BCUT2D eigenvalue weighted by Crippen LogP contribution is 2.31. The molecule has 1 aromatic heterocycles. The van der Waals surface area contributed by atoms with Crippen LogP contribution in [0, 0.1) is 0 Å². The van der Waals surface area contributed by atoms with Crippen LogP contribution < -0.4 is 19.7 Å². The van der Waals surface area contributed by atoms with Gasteiger partial charge in [-0.1, -0.05) is 25.7 Å². The third kappa shape index (κ3) is 5.57. The van der Waals surface area contributed by atoms with Crippen molar-refractivity contribution >= 4 is 38.8 Å². The molecule has 0 saturated heterocycles. The van der Waals surface area contributed by atoms with Gasteiger partial charge in [0.1, 0.15) is 17.4 Å². The molecule has 204 valence electrons. The number of rotatable bonds is 9. The summed E-state index contributed by atoms with van der Waals surface area (Å²) in [6, 6.07) is 10.7. The minimum atomic E-state index is -4.10. The number of carbonyl (C=O) groups excluding carboxylic acids is 1. The van der Waals surface area contributed by atoms with Gasteiger partial charge in [0.05, 0.1) is 23.2 Å². The normalized spacial score (nSPS) is 17.5. The second kappa shape index (κ2) is 10.8. The van der Waals surface area contributed by atoms with E-state index in [1.54, 1.807) is 18.2 Å². The molecule has 0 unspecified atom stereocenters. The third-order valence-corrected chi connectivity index (χ3v) is 8.77. The number of anilines is 2. The van der Waals surface area contributed by atoms with Crippen molar-refractivity contribution in [3.63, 3.8) is 0 Å². The molecular weight excluding hydrogens is 510 g/mol. The van der Waals surface area contributed by atoms with Gasteiger partial charge in [0, 0.05) is 17.8 Å². The van der Waals surface area contributed by atoms with Crippen molar-refractivity contribution in [3.8, 4) is 5.75 Å². The van der Waals surface area contributed by atoms with Crippen molar-refractivity contribution in [1.29, 1.82) is 0 Å². The molecule has 5 N–H and O–H groups in total. The fraction of sp³-hybridized carbons (Fsp3) is 0.462. The summed E-state index contributed by atoms with van der Waals surface area (Å²) < 4.78 is 31.2. The van der Waals surface area contributed by atoms with Gasteiger partial charge in [0.15, 0.2) is 0 Å². The number of hydrogen-bond acceptors (Lipinski definition) is 8. The Morgan fingerprint density at radius 2 is 1.79 bits per heavy atom. The molecule has 2 aliphatic rings. The molecule has 2 aromatic carbocycles. The van der Waals surface area contributed by atoms with Crippen molar-refractivity contribution in [2.45, 2.75) is 67.8 Å². The predicted octanol–water partition coefficient (Wildman–Crippen LogP) is 3.46. The molecule has 2 amide bonds. The van der Waals surface area contributed by atoms with Crippen LogP contribution in [0.5, 0.6) is 5.75 Å². The molecular formula is C26H33N5O6S. The smallest absolute Gasteiger partial charge is 0.339 e. The van der Waals surface area contributed by atoms with Crippen LogP contribution in [0.1, 0.15) is 51.4 Å². The number of benzene rings is 2. The average molecular weight is 544 g/mol. The molecule has 2 saturated carbocycles. The van der Waals surface area contributed by atoms with Gasteiger partial charge in [-0.2, -0.15) is 8.42 Å². The zero-order valence-electron chi connectivity index (χ0n) is 21.0. The Morgan fingerprint density at radius 1 is 1.08 bits per heavy atom. The highest BCUT2D eigenvalue weighted by Gasteiger charge is 2.34. The number of amides is 2. The number of carbonyl (C=O) groups is 1. The number of fused-ring (bicyclic) bond motifs is 1. The first-order chi connectivity index (χ1) is 18.3. The minimum Gasteiger partial charge on any atom is -0.394 e. The van der Waals surface area contributed by atoms with Crippen molar-refractivity contribution in [2.75, 3.05) is 23.6 Å². The van der Waals surface area contributed by atoms with Crippen molar-refractivity contribution in [1.82, 2.24) is 15.3 Å². The second-order valence-electron chi connectivity index (χ2n) is 10.1. The summed E-state index contributed by atoms with van der Waals surface area (Å²) in [4.78, 5) is 21.6. The van der Waals surface area contributed by atoms with Gasteiger partial charge in [-0.3, -0.25) is 5.32 Å². The van der Waals surface area contributed by atoms with E-state index in [9.17, 15) is 23.4 Å². The number of hydrogen-bond donors (Lipinski definition) is 5. The van der Waals surface area contributed by atoms with E-state index in [1.165, 1.54) is 24.3 Å². The lowest BCUT2D eigenvalue weighted by Crippen LogP contribution is -2.50. The largest absolute Gasteiger partial charge is 0.394 e. The van der Waals surface area contributed by atoms with Crippen LogP contribution in [0.25, 0.3) is 11.0 Å². The number of nitrogens with one attached hydrogen (secondary N) is 3. The van der Waals surface area contributed by atoms with E-state index >= 15 is 0 Å². The van der Waals surface area contributed by atoms with Crippen LogP contribution >= 0.6 is 0 Å². The standard InChI is InChI=1S/C26H33N5O6S/c32-16-26(13-3-4-14-26)30-25(34)29-24-27-22-12-9-20(15-23(22)28-24)37-38(35,36)21-10-7-19(8-11-21)31(17-33)18-5-1-2-6-18/h7-12,15,18,32-33H,1-6,13-14,16-17H2,(H3,27,28,29,30,34). The third-order valence-electron chi connectivity index (χ3n) is 7.51. The van der Waals surface area contributed by atoms with Crippen LogP contribution in [0.4, 0.5) is 16.4 Å². The van der Waals surface area contributed by atoms with Crippen molar-refractivity contribution in [2.24, 2.45) is 0 Å². The fourth-order valence-corrected chi connectivity index (χ4v) is 6.38. The number of aromatic amines is 1. The quantitative estimate of drug-likeness (QED) is 0.203. The number of imidazole rings is 1. The zero-order valence-corrected chi connectivity index (χ0v) is 21.8. The topological polar surface area (TPSA) is 157 Å². The van der Waals surface area contributed by atoms with E-state index in [1.807, 2.05) is 4.90 Å². The van der Waals surface area contributed by atoms with Crippen LogP contribution in [0.2, 0.25) is 0 Å². The maximum atomic E-state index is 12.9. The lowest BCUT2D eigenvalue weighted by molar-refractivity contribution is 0.167. The average Bonchev–Trinajstić information content (AvgIpc) is 3.66. The van der Waals surface area contributed by atoms with Gasteiger partial charge in [-0.15, -0.1) is 0 Å². The Kier molecular flexibility index (Phi) is 7.46. The van der Waals surface area contributed by atoms with E-state index in [2.05, 4.69) is 20.6 Å². The van der Waals surface area contributed by atoms with Gasteiger partial charge >= 0.3 is 16.1 Å². The lowest BCUT2D eigenvalue weighted by atomic mass is 9.99. The first-order valence-electron chi connectivity index (χ1n) is 12.9. The van der Waals surface area contributed by atoms with E-state index < -0.39 is 21.7 Å². The number of aromatic nitrogens is 2. The second-order valence-corrected chi connectivity index (χ2v) is 11.6. The first-order valence-corrected chi connectivity index (χ1v) is 14.3. The number of aliphatic hydroxyl groups is 2. The van der Waals surface area contributed by atoms with Crippen LogP contribution in [0.3, 0.4) is 0 Å². The Hall–Kier alpha value is -3.35. The maximum Gasteiger partial charge on any atom is 0.339 e. The van der Waals surface area contributed by atoms with Gasteiger partial charge in [-0.25, -0.2) is 9.78 Å². The molecule has 2 aliphatic carbocycles. The fourth-order valence-electron chi connectivity index (χ4n) is 5.46. The van der Waals surface area contributed by atoms with Gasteiger partial charge in [0.25, 0.3) is 0 Å². The summed E-state index contributed by atoms with van der Waals surface area (Å²) in [5, 5.41) is 25.0. The molecule has 1 heterocycles. The van der Waals surface area contributed by atoms with Crippen molar-refractivity contribution < 1.29 is 27.6 Å². The molecule has 0 radical (unpaired) electrons. The SMILES string of the molecule is O=C(Nc1nc2ccc(OS(=O)(=O)c3ccc(N(CO)C4CCCC4)cc3)cc2[nH]1)NC1(CO)CCCC1. The highest BCUT2D eigenvalue weighted by atomic mass is 32.2. The molecule has 11 nitrogen and oxygen atoms in total. The van der Waals surface area contributed by atoms with Crippen LogP contribution in [-0.2, 0) is 10.1 Å². The van der Waals surface area contributed by atoms with Gasteiger partial charge < -0.3 is 29.6 Å². The monoisotopic (exact) mass is 543 g/mol. The molecule has 2 fully saturated rings. The summed E-state index contributed by atoms with van der Waals surface area (Å²) in [5.74, 6) is 0.282. The number of H-pyrrole nitrogens is 1. The molecule has 38 heavy (non-hydrogen) atoms. The molecule has 3 aromatic rings. The Labute approximate surface area is 221 Å². The molecule has 0 spiro atoms. The lowest BCUT2D eigenvalue weighted by Gasteiger charge is -2.29. The summed E-state index contributed by atoms with van der Waals surface area (Å²) in [6.45, 7) is -0.253. The van der Waals surface area contributed by atoms with Gasteiger partial charge in [0.2, 0.25) is 5.95 Å². The molecule has 12 heteroatoms. The van der Waals surface area contributed by atoms with Crippen molar-refractivity contribution in [3.05, 3.63) is 42.5 Å². The van der Waals surface area contributed by atoms with E-state index in [4.69, 9.17) is 4.18 Å². The number of nitrogens with zero attached hydrogens (tertiary/aromatic N) is 2. The number of aliphatic hydroxyl groups excluding tert-OH is 2. The zero-order chi connectivity index (χ0) is 26.8. The first kappa shape index (κ1) is 26.3. The maximum absolute atomic E-state index is 12.9. The van der Waals surface area contributed by atoms with Gasteiger partial charge in [-0.05, 0) is 62.1 Å². The summed E-state index contributed by atoms with van der Waals surface area (Å²) in [5.41, 5.74) is 1.15. The molecule has 0 aliphatic heterocycles. The van der Waals surface area contributed by atoms with E-state index in [-0.39, 0.29) is 36.0 Å². The summed E-state index contributed by atoms with van der Waals surface area (Å²) in [7, 11) is -4.10. The Morgan fingerprint density at radius 3 is 2.45 bits per heavy atom. The molecule has 0 bridgehead atoms. The van der Waals surface area contributed by atoms with E-state index in [0.717, 1.165) is 57.1 Å². The number of urea groups is 1. The Bertz CT molecular complexity index is 1380. The van der Waals surface area contributed by atoms with Crippen LogP contribution in [-0.4, -0.2) is 59.5 Å². The summed E-state index contributed by atoms with van der Waals surface area (Å²) >= 11 is 0. The molecule has 5 rings (SSSR count). The van der Waals surface area contributed by atoms with E-state index in [0.29, 0.717) is 11.0 Å². The predicted molar refractivity (Wildman–Crippen MR) is 143 cm³/mol. The Balaban J connectivity index is 1.26.